The molecule has 2 aliphatic heterocycles. The van der Waals surface area contributed by atoms with Gasteiger partial charge in [-0.05, 0) is 37.4 Å². The first-order valence-corrected chi connectivity index (χ1v) is 8.93. The molecule has 0 atom stereocenters. The molecule has 8 nitrogen and oxygen atoms in total. The smallest absolute Gasteiger partial charge is 0.282 e. The summed E-state index contributed by atoms with van der Waals surface area (Å²) in [7, 11) is 0. The van der Waals surface area contributed by atoms with Gasteiger partial charge in [0, 0.05) is 38.3 Å². The summed E-state index contributed by atoms with van der Waals surface area (Å²) >= 11 is 0. The second-order valence-corrected chi connectivity index (χ2v) is 6.82. The Hall–Kier alpha value is -2.32. The highest BCUT2D eigenvalue weighted by Gasteiger charge is 2.25. The zero-order valence-electron chi connectivity index (χ0n) is 14.6. The first-order valence-electron chi connectivity index (χ1n) is 8.93. The van der Waals surface area contributed by atoms with Crippen LogP contribution >= 0.6 is 0 Å². The largest absolute Gasteiger partial charge is 0.381 e. The van der Waals surface area contributed by atoms with E-state index < -0.39 is 10.8 Å². The topological polar surface area (TPSA) is 102 Å². The molecule has 2 aliphatic rings. The predicted octanol–water partition coefficient (Wildman–Crippen LogP) is 1.67. The van der Waals surface area contributed by atoms with E-state index in [-0.39, 0.29) is 23.1 Å². The average Bonchev–Trinajstić information content (AvgIpc) is 2.62. The lowest BCUT2D eigenvalue weighted by Gasteiger charge is -2.26. The summed E-state index contributed by atoms with van der Waals surface area (Å²) < 4.78 is 5.27. The summed E-state index contributed by atoms with van der Waals surface area (Å²) in [6.45, 7) is 2.86. The van der Waals surface area contributed by atoms with E-state index in [2.05, 4.69) is 5.32 Å². The quantitative estimate of drug-likeness (QED) is 0.632. The number of nitro benzene ring substituents is 1. The number of hydrogen-bond acceptors (Lipinski definition) is 6. The monoisotopic (exact) mass is 361 g/mol. The number of likely N-dealkylation sites (tertiary alicyclic amines) is 1. The minimum absolute atomic E-state index is 0.0285. The maximum absolute atomic E-state index is 12.6. The maximum atomic E-state index is 12.6. The number of nitrogens with one attached hydrogen (secondary N) is 1. The molecule has 0 aromatic heterocycles. The Bertz CT molecular complexity index is 700. The van der Waals surface area contributed by atoms with Crippen LogP contribution in [0.3, 0.4) is 0 Å². The Kier molecular flexibility index (Phi) is 5.95. The molecule has 140 valence electrons. The van der Waals surface area contributed by atoms with Gasteiger partial charge >= 0.3 is 0 Å². The fourth-order valence-corrected chi connectivity index (χ4v) is 3.43. The number of carbonyl (C=O) groups is 2. The molecule has 1 aromatic rings. The van der Waals surface area contributed by atoms with Gasteiger partial charge in [0.2, 0.25) is 0 Å². The molecule has 1 amide bonds. The summed E-state index contributed by atoms with van der Waals surface area (Å²) in [5.74, 6) is -0.226. The highest BCUT2D eigenvalue weighted by Crippen LogP contribution is 2.22. The van der Waals surface area contributed by atoms with Crippen LogP contribution in [0.2, 0.25) is 0 Å². The number of hydrogen-bond donors (Lipinski definition) is 1. The molecule has 2 saturated heterocycles. The van der Waals surface area contributed by atoms with Crippen molar-refractivity contribution >= 4 is 17.4 Å². The van der Waals surface area contributed by atoms with Gasteiger partial charge in [-0.25, -0.2) is 0 Å². The van der Waals surface area contributed by atoms with Crippen LogP contribution < -0.4 is 5.32 Å². The van der Waals surface area contributed by atoms with Crippen molar-refractivity contribution in [2.45, 2.75) is 38.3 Å². The Morgan fingerprint density at radius 1 is 1.35 bits per heavy atom. The number of nitrogens with zero attached hydrogens (tertiary/aromatic N) is 2. The maximum Gasteiger partial charge on any atom is 0.282 e. The van der Waals surface area contributed by atoms with Crippen molar-refractivity contribution in [1.29, 1.82) is 0 Å². The SMILES string of the molecule is O=C1CCCN(Cc2ccc([N+](=O)[O-])c(C(=O)NC3CCOCC3)c2)C1. The molecule has 0 bridgehead atoms. The molecule has 0 radical (unpaired) electrons. The molecule has 8 heteroatoms. The van der Waals surface area contributed by atoms with Crippen molar-refractivity contribution in [3.05, 3.63) is 39.4 Å². The number of ketones is 1. The number of nitro groups is 1. The fraction of sp³-hybridized carbons (Fsp3) is 0.556. The van der Waals surface area contributed by atoms with Gasteiger partial charge in [0.25, 0.3) is 11.6 Å². The predicted molar refractivity (Wildman–Crippen MR) is 93.9 cm³/mol. The molecule has 0 aliphatic carbocycles. The van der Waals surface area contributed by atoms with E-state index >= 15 is 0 Å². The number of carbonyl (C=O) groups excluding carboxylic acids is 2. The van der Waals surface area contributed by atoms with E-state index in [1.54, 1.807) is 12.1 Å². The van der Waals surface area contributed by atoms with Crippen molar-refractivity contribution < 1.29 is 19.2 Å². The third-order valence-corrected chi connectivity index (χ3v) is 4.79. The molecule has 1 aromatic carbocycles. The fourth-order valence-electron chi connectivity index (χ4n) is 3.43. The Morgan fingerprint density at radius 3 is 2.81 bits per heavy atom. The van der Waals surface area contributed by atoms with Crippen molar-refractivity contribution in [1.82, 2.24) is 10.2 Å². The number of Topliss-reactive ketones (excluding diaryl/α,β-unsaturated/α-hetero) is 1. The van der Waals surface area contributed by atoms with E-state index in [4.69, 9.17) is 4.74 Å². The number of benzene rings is 1. The summed E-state index contributed by atoms with van der Waals surface area (Å²) in [6, 6.07) is 4.58. The van der Waals surface area contributed by atoms with E-state index in [0.717, 1.165) is 18.5 Å². The Morgan fingerprint density at radius 2 is 2.12 bits per heavy atom. The molecule has 26 heavy (non-hydrogen) atoms. The minimum atomic E-state index is -0.535. The van der Waals surface area contributed by atoms with Crippen molar-refractivity contribution in [3.63, 3.8) is 0 Å². The molecule has 0 saturated carbocycles. The number of ether oxygens (including phenoxy) is 1. The lowest BCUT2D eigenvalue weighted by atomic mass is 10.0. The van der Waals surface area contributed by atoms with Gasteiger partial charge in [0.15, 0.2) is 0 Å². The summed E-state index contributed by atoms with van der Waals surface area (Å²) in [4.78, 5) is 37.0. The molecule has 2 heterocycles. The van der Waals surface area contributed by atoms with E-state index in [0.29, 0.717) is 45.6 Å². The Labute approximate surface area is 151 Å². The van der Waals surface area contributed by atoms with Gasteiger partial charge in [-0.1, -0.05) is 6.07 Å². The van der Waals surface area contributed by atoms with Crippen molar-refractivity contribution in [2.75, 3.05) is 26.3 Å². The van der Waals surface area contributed by atoms with E-state index in [9.17, 15) is 19.7 Å². The number of piperidine rings is 1. The lowest BCUT2D eigenvalue weighted by molar-refractivity contribution is -0.385. The van der Waals surface area contributed by atoms with E-state index in [1.807, 2.05) is 4.90 Å². The van der Waals surface area contributed by atoms with Gasteiger partial charge in [0.1, 0.15) is 11.3 Å². The zero-order valence-corrected chi connectivity index (χ0v) is 14.6. The molecule has 0 unspecified atom stereocenters. The second-order valence-electron chi connectivity index (χ2n) is 6.82. The first kappa shape index (κ1) is 18.5. The van der Waals surface area contributed by atoms with Gasteiger partial charge in [-0.15, -0.1) is 0 Å². The molecular formula is C18H23N3O5. The van der Waals surface area contributed by atoms with Crippen LogP contribution in [0.15, 0.2) is 18.2 Å². The van der Waals surface area contributed by atoms with Crippen molar-refractivity contribution in [3.8, 4) is 0 Å². The summed E-state index contributed by atoms with van der Waals surface area (Å²) in [5.41, 5.74) is 0.665. The van der Waals surface area contributed by atoms with Crippen LogP contribution in [-0.2, 0) is 16.1 Å². The molecule has 0 spiro atoms. The molecule has 1 N–H and O–H groups in total. The standard InChI is InChI=1S/C18H23N3O5/c22-15-2-1-7-20(12-15)11-13-3-4-17(21(24)25)16(10-13)18(23)19-14-5-8-26-9-6-14/h3-4,10,14H,1-2,5-9,11-12H2,(H,19,23). The van der Waals surface area contributed by atoms with Crippen molar-refractivity contribution in [2.24, 2.45) is 0 Å². The van der Waals surface area contributed by atoms with Crippen LogP contribution in [0, 0.1) is 10.1 Å². The van der Waals surface area contributed by atoms with Crippen LogP contribution in [0.25, 0.3) is 0 Å². The molecular weight excluding hydrogens is 338 g/mol. The molecule has 2 fully saturated rings. The summed E-state index contributed by atoms with van der Waals surface area (Å²) in [6.07, 6.45) is 2.84. The normalized spacial score (nSPS) is 19.3. The highest BCUT2D eigenvalue weighted by molar-refractivity contribution is 5.98. The molecule has 3 rings (SSSR count). The second kappa shape index (κ2) is 8.37. The minimum Gasteiger partial charge on any atom is -0.381 e. The summed E-state index contributed by atoms with van der Waals surface area (Å²) in [5, 5.41) is 14.2. The third-order valence-electron chi connectivity index (χ3n) is 4.79. The van der Waals surface area contributed by atoms with Gasteiger partial charge in [-0.2, -0.15) is 0 Å². The van der Waals surface area contributed by atoms with Crippen LogP contribution in [-0.4, -0.2) is 53.9 Å². The van der Waals surface area contributed by atoms with E-state index in [1.165, 1.54) is 6.07 Å². The van der Waals surface area contributed by atoms with Crippen LogP contribution in [0.4, 0.5) is 5.69 Å². The number of rotatable bonds is 5. The lowest BCUT2D eigenvalue weighted by Crippen LogP contribution is -2.39. The van der Waals surface area contributed by atoms with Crippen LogP contribution in [0.1, 0.15) is 41.6 Å². The zero-order chi connectivity index (χ0) is 18.5. The van der Waals surface area contributed by atoms with Gasteiger partial charge in [0.05, 0.1) is 11.5 Å². The van der Waals surface area contributed by atoms with Gasteiger partial charge in [-0.3, -0.25) is 24.6 Å². The number of amides is 1. The van der Waals surface area contributed by atoms with Gasteiger partial charge < -0.3 is 10.1 Å². The Balaban J connectivity index is 1.76. The third kappa shape index (κ3) is 4.64. The van der Waals surface area contributed by atoms with Crippen LogP contribution in [0.5, 0.6) is 0 Å². The first-order chi connectivity index (χ1) is 12.5. The highest BCUT2D eigenvalue weighted by atomic mass is 16.6. The average molecular weight is 361 g/mol.